The van der Waals surface area contributed by atoms with Crippen molar-refractivity contribution in [3.05, 3.63) is 70.0 Å². The van der Waals surface area contributed by atoms with E-state index >= 15 is 0 Å². The number of carbonyl (C=O) groups is 3. The maximum absolute atomic E-state index is 13.8. The first-order chi connectivity index (χ1) is 18.0. The molecule has 1 saturated heterocycles. The highest BCUT2D eigenvalue weighted by atomic mass is 19.4. The molecular weight excluding hydrogens is 535 g/mol. The van der Waals surface area contributed by atoms with Crippen molar-refractivity contribution in [2.75, 3.05) is 27.2 Å². The summed E-state index contributed by atoms with van der Waals surface area (Å²) in [7, 11) is 2.54. The summed E-state index contributed by atoms with van der Waals surface area (Å²) in [6, 6.07) is 5.00. The van der Waals surface area contributed by atoms with Crippen LogP contribution in [0.1, 0.15) is 40.2 Å². The van der Waals surface area contributed by atoms with Crippen LogP contribution in [0.15, 0.2) is 36.4 Å². The van der Waals surface area contributed by atoms with Crippen LogP contribution in [-0.2, 0) is 33.3 Å². The molecule has 6 nitrogen and oxygen atoms in total. The maximum Gasteiger partial charge on any atom is 0.416 e. The van der Waals surface area contributed by atoms with Gasteiger partial charge in [-0.15, -0.1) is 0 Å². The molecule has 1 aliphatic heterocycles. The van der Waals surface area contributed by atoms with Crippen molar-refractivity contribution >= 4 is 17.7 Å². The highest BCUT2D eigenvalue weighted by Gasteiger charge is 2.40. The van der Waals surface area contributed by atoms with Gasteiger partial charge in [-0.1, -0.05) is 6.07 Å². The first kappa shape index (κ1) is 29.9. The lowest BCUT2D eigenvalue weighted by Gasteiger charge is -2.39. The number of alkyl halides is 6. The normalized spacial score (nSPS) is 18.1. The van der Waals surface area contributed by atoms with Gasteiger partial charge in [-0.2, -0.15) is 26.3 Å². The van der Waals surface area contributed by atoms with Crippen LogP contribution in [0.5, 0.6) is 0 Å². The van der Waals surface area contributed by atoms with Gasteiger partial charge in [0.05, 0.1) is 11.1 Å². The Morgan fingerprint density at radius 1 is 1.00 bits per heavy atom. The molecule has 0 spiro atoms. The molecule has 13 heteroatoms. The van der Waals surface area contributed by atoms with Crippen molar-refractivity contribution < 1.29 is 45.1 Å². The van der Waals surface area contributed by atoms with Crippen LogP contribution in [-0.4, -0.2) is 54.7 Å². The Labute approximate surface area is 219 Å². The zero-order valence-corrected chi connectivity index (χ0v) is 21.2. The zero-order chi connectivity index (χ0) is 29.3. The van der Waals surface area contributed by atoms with Gasteiger partial charge < -0.3 is 15.1 Å². The average Bonchev–Trinajstić information content (AvgIpc) is 2.85. The Morgan fingerprint density at radius 3 is 2.10 bits per heavy atom. The molecule has 2 aromatic rings. The second-order valence-electron chi connectivity index (χ2n) is 9.44. The van der Waals surface area contributed by atoms with Crippen LogP contribution in [0, 0.1) is 18.7 Å². The molecule has 39 heavy (non-hydrogen) atoms. The molecule has 3 amide bonds. The molecule has 212 valence electrons. The van der Waals surface area contributed by atoms with E-state index in [1.165, 1.54) is 37.2 Å². The lowest BCUT2D eigenvalue weighted by Crippen LogP contribution is -2.51. The monoisotopic (exact) mass is 561 g/mol. The number of nitrogens with one attached hydrogen (secondary N) is 1. The summed E-state index contributed by atoms with van der Waals surface area (Å²) in [6.07, 6.45) is -10.0. The summed E-state index contributed by atoms with van der Waals surface area (Å²) in [5.41, 5.74) is -2.35. The summed E-state index contributed by atoms with van der Waals surface area (Å²) in [5, 5.41) is 2.23. The Hall–Kier alpha value is -3.64. The van der Waals surface area contributed by atoms with Crippen LogP contribution < -0.4 is 5.32 Å². The molecule has 3 rings (SSSR count). The van der Waals surface area contributed by atoms with Crippen molar-refractivity contribution in [1.29, 1.82) is 0 Å². The lowest BCUT2D eigenvalue weighted by atomic mass is 9.78. The van der Waals surface area contributed by atoms with E-state index in [0.29, 0.717) is 23.3 Å². The SMILES string of the molecule is CNC(=O)C(=O)N1CC[C@@H](C(=O)N(C)Cc2cc(C(F)(F)F)cc(C(F)(F)F)c2)[C@H](c2ccc(F)cc2C)C1. The molecule has 2 aromatic carbocycles. The molecule has 1 heterocycles. The van der Waals surface area contributed by atoms with E-state index in [2.05, 4.69) is 5.32 Å². The summed E-state index contributed by atoms with van der Waals surface area (Å²) >= 11 is 0. The Morgan fingerprint density at radius 2 is 1.59 bits per heavy atom. The number of likely N-dealkylation sites (tertiary alicyclic amines) is 1. The van der Waals surface area contributed by atoms with E-state index in [9.17, 15) is 45.1 Å². The molecule has 0 aromatic heterocycles. The fraction of sp³-hybridized carbons (Fsp3) is 0.423. The van der Waals surface area contributed by atoms with Gasteiger partial charge in [0.1, 0.15) is 5.82 Å². The standard InChI is InChI=1S/C26H26F7N3O3/c1-14-8-18(27)4-5-19(14)21-13-36(24(39)22(37)34-2)7-6-20(21)23(38)35(3)12-15-9-16(25(28,29)30)11-17(10-15)26(31,32)33/h4-5,8-11,20-21H,6-7,12-13H2,1-3H3,(H,34,37)/t20-,21+/m1/s1. The number of amides is 3. The number of nitrogens with zero attached hydrogens (tertiary/aromatic N) is 2. The minimum Gasteiger partial charge on any atom is -0.351 e. The maximum atomic E-state index is 13.8. The highest BCUT2D eigenvalue weighted by molar-refractivity contribution is 6.34. The van der Waals surface area contributed by atoms with Crippen molar-refractivity contribution in [1.82, 2.24) is 15.1 Å². The van der Waals surface area contributed by atoms with Gasteiger partial charge in [0.15, 0.2) is 0 Å². The van der Waals surface area contributed by atoms with E-state index in [4.69, 9.17) is 0 Å². The predicted octanol–water partition coefficient (Wildman–Crippen LogP) is 4.51. The fourth-order valence-corrected chi connectivity index (χ4v) is 4.80. The minimum atomic E-state index is -5.03. The van der Waals surface area contributed by atoms with E-state index in [-0.39, 0.29) is 31.1 Å². The first-order valence-corrected chi connectivity index (χ1v) is 11.8. The third-order valence-electron chi connectivity index (χ3n) is 6.71. The summed E-state index contributed by atoms with van der Waals surface area (Å²) < 4.78 is 93.4. The van der Waals surface area contributed by atoms with Gasteiger partial charge in [0.2, 0.25) is 5.91 Å². The quantitative estimate of drug-likeness (QED) is 0.442. The Bertz CT molecular complexity index is 1230. The van der Waals surface area contributed by atoms with Gasteiger partial charge >= 0.3 is 24.2 Å². The number of halogens is 7. The van der Waals surface area contributed by atoms with Crippen molar-refractivity contribution in [2.24, 2.45) is 5.92 Å². The van der Waals surface area contributed by atoms with E-state index in [1.807, 2.05) is 0 Å². The fourth-order valence-electron chi connectivity index (χ4n) is 4.80. The van der Waals surface area contributed by atoms with Crippen LogP contribution in [0.3, 0.4) is 0 Å². The second kappa shape index (κ2) is 11.2. The Balaban J connectivity index is 1.93. The molecule has 0 aliphatic carbocycles. The molecule has 2 atom stereocenters. The summed E-state index contributed by atoms with van der Waals surface area (Å²) in [5.74, 6) is -4.37. The number of hydrogen-bond acceptors (Lipinski definition) is 3. The van der Waals surface area contributed by atoms with Gasteiger partial charge in [0.25, 0.3) is 0 Å². The van der Waals surface area contributed by atoms with Gasteiger partial charge in [-0.05, 0) is 60.4 Å². The molecule has 1 fully saturated rings. The molecule has 0 unspecified atom stereocenters. The molecule has 0 radical (unpaired) electrons. The van der Waals surface area contributed by atoms with Crippen LogP contribution >= 0.6 is 0 Å². The molecule has 1 N–H and O–H groups in total. The lowest BCUT2D eigenvalue weighted by molar-refractivity contribution is -0.148. The first-order valence-electron chi connectivity index (χ1n) is 11.8. The number of benzene rings is 2. The van der Waals surface area contributed by atoms with Crippen LogP contribution in [0.25, 0.3) is 0 Å². The van der Waals surface area contributed by atoms with Gasteiger partial charge in [0, 0.05) is 45.6 Å². The number of aryl methyl sites for hydroxylation is 1. The number of carbonyl (C=O) groups excluding carboxylic acids is 3. The Kier molecular flexibility index (Phi) is 8.61. The molecule has 0 saturated carbocycles. The molecular formula is C26H26F7N3O3. The van der Waals surface area contributed by atoms with E-state index < -0.39 is 65.4 Å². The number of likely N-dealkylation sites (N-methyl/N-ethyl adjacent to an activating group) is 1. The van der Waals surface area contributed by atoms with Gasteiger partial charge in [-0.3, -0.25) is 14.4 Å². The third kappa shape index (κ3) is 6.87. The largest absolute Gasteiger partial charge is 0.416 e. The zero-order valence-electron chi connectivity index (χ0n) is 21.2. The summed E-state index contributed by atoms with van der Waals surface area (Å²) in [6.45, 7) is 0.989. The smallest absolute Gasteiger partial charge is 0.351 e. The van der Waals surface area contributed by atoms with E-state index in [1.54, 1.807) is 6.92 Å². The van der Waals surface area contributed by atoms with Crippen LogP contribution in [0.2, 0.25) is 0 Å². The second-order valence-corrected chi connectivity index (χ2v) is 9.44. The summed E-state index contributed by atoms with van der Waals surface area (Å²) in [4.78, 5) is 40.2. The molecule has 1 aliphatic rings. The predicted molar refractivity (Wildman–Crippen MR) is 126 cm³/mol. The van der Waals surface area contributed by atoms with Crippen LogP contribution in [0.4, 0.5) is 30.7 Å². The van der Waals surface area contributed by atoms with Gasteiger partial charge in [-0.25, -0.2) is 4.39 Å². The van der Waals surface area contributed by atoms with Crippen molar-refractivity contribution in [3.8, 4) is 0 Å². The van der Waals surface area contributed by atoms with Crippen molar-refractivity contribution in [2.45, 2.75) is 38.2 Å². The van der Waals surface area contributed by atoms with Crippen molar-refractivity contribution in [3.63, 3.8) is 0 Å². The average molecular weight is 561 g/mol. The number of hydrogen-bond donors (Lipinski definition) is 1. The molecule has 0 bridgehead atoms. The topological polar surface area (TPSA) is 69.7 Å². The number of rotatable bonds is 4. The van der Waals surface area contributed by atoms with E-state index in [0.717, 1.165) is 4.90 Å². The number of piperidine rings is 1. The minimum absolute atomic E-state index is 0.00895. The third-order valence-corrected chi connectivity index (χ3v) is 6.71. The highest BCUT2D eigenvalue weighted by Crippen LogP contribution is 2.38.